The number of para-hydroxylation sites is 1. The summed E-state index contributed by atoms with van der Waals surface area (Å²) in [5.74, 6) is 1.32. The van der Waals surface area contributed by atoms with E-state index in [2.05, 4.69) is 19.2 Å². The molecule has 144 valence electrons. The molecule has 2 aromatic rings. The third kappa shape index (κ3) is 4.61. The quantitative estimate of drug-likeness (QED) is 0.705. The van der Waals surface area contributed by atoms with Crippen molar-refractivity contribution < 1.29 is 14.3 Å². The fourth-order valence-electron chi connectivity index (χ4n) is 3.20. The first kappa shape index (κ1) is 19.2. The molecule has 5 nitrogen and oxygen atoms in total. The van der Waals surface area contributed by atoms with E-state index in [4.69, 9.17) is 9.47 Å². The van der Waals surface area contributed by atoms with Gasteiger partial charge in [0.05, 0.1) is 12.2 Å². The van der Waals surface area contributed by atoms with E-state index >= 15 is 0 Å². The molecule has 1 amide bonds. The number of fused-ring (bicyclic) bond motifs is 1. The molecule has 1 aliphatic heterocycles. The predicted molar refractivity (Wildman–Crippen MR) is 107 cm³/mol. The van der Waals surface area contributed by atoms with Gasteiger partial charge in [0.25, 0.3) is 5.91 Å². The summed E-state index contributed by atoms with van der Waals surface area (Å²) in [7, 11) is 1.68. The molecule has 0 bridgehead atoms. The first-order chi connectivity index (χ1) is 13.1. The topological polar surface area (TPSA) is 50.8 Å². The Kier molecular flexibility index (Phi) is 6.35. The number of ether oxygens (including phenoxy) is 2. The van der Waals surface area contributed by atoms with Gasteiger partial charge in [-0.1, -0.05) is 38.1 Å². The maximum absolute atomic E-state index is 13.1. The van der Waals surface area contributed by atoms with E-state index < -0.39 is 0 Å². The van der Waals surface area contributed by atoms with Crippen molar-refractivity contribution >= 4 is 11.6 Å². The molecule has 5 heteroatoms. The van der Waals surface area contributed by atoms with Gasteiger partial charge < -0.3 is 19.7 Å². The van der Waals surface area contributed by atoms with Gasteiger partial charge in [0.2, 0.25) is 0 Å². The van der Waals surface area contributed by atoms with Crippen LogP contribution in [0.5, 0.6) is 5.75 Å². The maximum Gasteiger partial charge on any atom is 0.257 e. The molecule has 0 aromatic heterocycles. The van der Waals surface area contributed by atoms with Crippen LogP contribution in [0.25, 0.3) is 0 Å². The molecule has 27 heavy (non-hydrogen) atoms. The third-order valence-electron chi connectivity index (χ3n) is 4.53. The minimum absolute atomic E-state index is 0.0407. The van der Waals surface area contributed by atoms with Crippen LogP contribution in [0.2, 0.25) is 0 Å². The van der Waals surface area contributed by atoms with Gasteiger partial charge in [0, 0.05) is 25.9 Å². The fraction of sp³-hybridized carbons (Fsp3) is 0.409. The highest BCUT2D eigenvalue weighted by molar-refractivity contribution is 6.01. The maximum atomic E-state index is 13.1. The van der Waals surface area contributed by atoms with Crippen molar-refractivity contribution in [1.29, 1.82) is 0 Å². The van der Waals surface area contributed by atoms with Gasteiger partial charge in [-0.15, -0.1) is 0 Å². The summed E-state index contributed by atoms with van der Waals surface area (Å²) in [6, 6.07) is 15.6. The van der Waals surface area contributed by atoms with Gasteiger partial charge in [0.15, 0.2) is 0 Å². The molecule has 1 unspecified atom stereocenters. The van der Waals surface area contributed by atoms with E-state index in [1.54, 1.807) is 7.11 Å². The lowest BCUT2D eigenvalue weighted by atomic mass is 10.0. The Morgan fingerprint density at radius 1 is 1.15 bits per heavy atom. The predicted octanol–water partition coefficient (Wildman–Crippen LogP) is 4.32. The molecule has 0 spiro atoms. The number of carbonyl (C=O) groups is 1. The fourth-order valence-corrected chi connectivity index (χ4v) is 3.20. The van der Waals surface area contributed by atoms with Crippen LogP contribution in [0.3, 0.4) is 0 Å². The first-order valence-corrected chi connectivity index (χ1v) is 9.48. The van der Waals surface area contributed by atoms with Gasteiger partial charge in [-0.05, 0) is 42.2 Å². The van der Waals surface area contributed by atoms with Crippen molar-refractivity contribution in [1.82, 2.24) is 4.90 Å². The number of amides is 1. The summed E-state index contributed by atoms with van der Waals surface area (Å²) in [6.07, 6.45) is 0.554. The standard InChI is InChI=1S/C22H28N2O3/c1-16(2)15-27-18-9-6-8-17(14-18)21-23-20-11-5-4-10-19(20)22(25)24(21)12-7-13-26-3/h4-6,8-11,14,16,21,23H,7,12-13,15H2,1-3H3. The zero-order valence-electron chi connectivity index (χ0n) is 16.3. The number of methoxy groups -OCH3 is 1. The zero-order valence-corrected chi connectivity index (χ0v) is 16.3. The normalized spacial score (nSPS) is 16.2. The number of hydrogen-bond acceptors (Lipinski definition) is 4. The van der Waals surface area contributed by atoms with Crippen molar-refractivity contribution in [2.75, 3.05) is 32.2 Å². The van der Waals surface area contributed by atoms with Crippen molar-refractivity contribution in [2.24, 2.45) is 5.92 Å². The summed E-state index contributed by atoms with van der Waals surface area (Å²) in [4.78, 5) is 15.0. The Morgan fingerprint density at radius 3 is 2.74 bits per heavy atom. The Bertz CT molecular complexity index is 776. The minimum atomic E-state index is -0.230. The Labute approximate surface area is 161 Å². The van der Waals surface area contributed by atoms with E-state index in [0.717, 1.165) is 23.4 Å². The highest BCUT2D eigenvalue weighted by Crippen LogP contribution is 2.34. The van der Waals surface area contributed by atoms with Crippen molar-refractivity contribution in [3.8, 4) is 5.75 Å². The van der Waals surface area contributed by atoms with Crippen LogP contribution in [0.4, 0.5) is 5.69 Å². The Morgan fingerprint density at radius 2 is 1.96 bits per heavy atom. The summed E-state index contributed by atoms with van der Waals surface area (Å²) < 4.78 is 11.1. The van der Waals surface area contributed by atoms with Gasteiger partial charge >= 0.3 is 0 Å². The summed E-state index contributed by atoms with van der Waals surface area (Å²) >= 11 is 0. The van der Waals surface area contributed by atoms with Crippen molar-refractivity contribution in [2.45, 2.75) is 26.4 Å². The number of nitrogens with zero attached hydrogens (tertiary/aromatic N) is 1. The summed E-state index contributed by atoms with van der Waals surface area (Å²) in [5.41, 5.74) is 2.58. The van der Waals surface area contributed by atoms with Gasteiger partial charge in [0.1, 0.15) is 11.9 Å². The van der Waals surface area contributed by atoms with Crippen LogP contribution in [-0.4, -0.2) is 37.7 Å². The molecular weight excluding hydrogens is 340 g/mol. The van der Waals surface area contributed by atoms with Crippen molar-refractivity contribution in [3.05, 3.63) is 59.7 Å². The van der Waals surface area contributed by atoms with E-state index in [9.17, 15) is 4.79 Å². The molecule has 2 aromatic carbocycles. The number of carbonyl (C=O) groups excluding carboxylic acids is 1. The number of nitrogens with one attached hydrogen (secondary N) is 1. The molecule has 1 atom stereocenters. The SMILES string of the molecule is COCCCN1C(=O)c2ccccc2NC1c1cccc(OCC(C)C)c1. The molecule has 0 radical (unpaired) electrons. The second-order valence-corrected chi connectivity index (χ2v) is 7.21. The van der Waals surface area contributed by atoms with E-state index in [-0.39, 0.29) is 12.1 Å². The minimum Gasteiger partial charge on any atom is -0.493 e. The molecule has 1 heterocycles. The Balaban J connectivity index is 1.88. The monoisotopic (exact) mass is 368 g/mol. The average molecular weight is 368 g/mol. The average Bonchev–Trinajstić information content (AvgIpc) is 2.68. The molecule has 1 aliphatic rings. The molecule has 0 fully saturated rings. The van der Waals surface area contributed by atoms with Gasteiger partial charge in [-0.25, -0.2) is 0 Å². The van der Waals surface area contributed by atoms with Crippen LogP contribution < -0.4 is 10.1 Å². The molecular formula is C22H28N2O3. The number of benzene rings is 2. The third-order valence-corrected chi connectivity index (χ3v) is 4.53. The van der Waals surface area contributed by atoms with E-state index in [0.29, 0.717) is 31.2 Å². The van der Waals surface area contributed by atoms with Gasteiger partial charge in [-0.2, -0.15) is 0 Å². The number of rotatable bonds is 8. The largest absolute Gasteiger partial charge is 0.493 e. The lowest BCUT2D eigenvalue weighted by molar-refractivity contribution is 0.0660. The second kappa shape index (κ2) is 8.91. The van der Waals surface area contributed by atoms with Crippen LogP contribution in [0.15, 0.2) is 48.5 Å². The number of hydrogen-bond donors (Lipinski definition) is 1. The highest BCUT2D eigenvalue weighted by atomic mass is 16.5. The molecule has 0 saturated carbocycles. The Hall–Kier alpha value is -2.53. The summed E-state index contributed by atoms with van der Waals surface area (Å²) in [6.45, 7) is 6.16. The highest BCUT2D eigenvalue weighted by Gasteiger charge is 2.32. The molecule has 0 aliphatic carbocycles. The molecule has 3 rings (SSSR count). The van der Waals surface area contributed by atoms with E-state index in [1.807, 2.05) is 53.4 Å². The van der Waals surface area contributed by atoms with Crippen LogP contribution >= 0.6 is 0 Å². The first-order valence-electron chi connectivity index (χ1n) is 9.48. The van der Waals surface area contributed by atoms with E-state index in [1.165, 1.54) is 0 Å². The lowest BCUT2D eigenvalue weighted by Gasteiger charge is -2.38. The van der Waals surface area contributed by atoms with Crippen LogP contribution in [-0.2, 0) is 4.74 Å². The second-order valence-electron chi connectivity index (χ2n) is 7.21. The van der Waals surface area contributed by atoms with Crippen LogP contribution in [0.1, 0.15) is 42.4 Å². The zero-order chi connectivity index (χ0) is 19.2. The summed E-state index contributed by atoms with van der Waals surface area (Å²) in [5, 5.41) is 3.52. The van der Waals surface area contributed by atoms with Crippen molar-refractivity contribution in [3.63, 3.8) is 0 Å². The molecule has 1 N–H and O–H groups in total. The molecule has 0 saturated heterocycles. The van der Waals surface area contributed by atoms with Gasteiger partial charge in [-0.3, -0.25) is 4.79 Å². The number of anilines is 1. The smallest absolute Gasteiger partial charge is 0.257 e. The van der Waals surface area contributed by atoms with Crippen LogP contribution in [0, 0.1) is 5.92 Å². The lowest BCUT2D eigenvalue weighted by Crippen LogP contribution is -2.43.